The summed E-state index contributed by atoms with van der Waals surface area (Å²) in [6.07, 6.45) is 0.947. The summed E-state index contributed by atoms with van der Waals surface area (Å²) in [5.74, 6) is 0.904. The van der Waals surface area contributed by atoms with Crippen LogP contribution < -0.4 is 4.74 Å². The van der Waals surface area contributed by atoms with Crippen molar-refractivity contribution in [2.24, 2.45) is 0 Å². The molecule has 0 aliphatic heterocycles. The van der Waals surface area contributed by atoms with Crippen LogP contribution in [0.3, 0.4) is 0 Å². The van der Waals surface area contributed by atoms with E-state index in [1.807, 2.05) is 12.1 Å². The molecule has 0 aliphatic carbocycles. The molecule has 0 amide bonds. The third kappa shape index (κ3) is 4.11. The Morgan fingerprint density at radius 2 is 1.67 bits per heavy atom. The van der Waals surface area contributed by atoms with Crippen LogP contribution in [0.25, 0.3) is 0 Å². The Morgan fingerprint density at radius 1 is 1.00 bits per heavy atom. The van der Waals surface area contributed by atoms with Crippen LogP contribution in [0, 0.1) is 0 Å². The van der Waals surface area contributed by atoms with Gasteiger partial charge in [-0.25, -0.2) is 0 Å². The van der Waals surface area contributed by atoms with Gasteiger partial charge >= 0.3 is 0 Å². The van der Waals surface area contributed by atoms with Gasteiger partial charge in [-0.05, 0) is 41.8 Å². The topological polar surface area (TPSA) is 9.23 Å². The summed E-state index contributed by atoms with van der Waals surface area (Å²) in [7, 11) is 1.70. The highest BCUT2D eigenvalue weighted by Gasteiger charge is 2.30. The van der Waals surface area contributed by atoms with Crippen LogP contribution in [-0.2, 0) is 11.8 Å². The Kier molecular flexibility index (Phi) is 6.33. The quantitative estimate of drug-likeness (QED) is 0.484. The lowest BCUT2D eigenvalue weighted by molar-refractivity contribution is 0.413. The number of methoxy groups -OCH3 is 1. The molecule has 0 heterocycles. The van der Waals surface area contributed by atoms with E-state index in [-0.39, 0.29) is 5.41 Å². The van der Waals surface area contributed by atoms with E-state index in [9.17, 15) is 0 Å². The minimum atomic E-state index is 0.0209. The Labute approximate surface area is 151 Å². The molecule has 2 aromatic rings. The second-order valence-electron chi connectivity index (χ2n) is 5.08. The van der Waals surface area contributed by atoms with Crippen LogP contribution >= 0.6 is 47.8 Å². The minimum Gasteiger partial charge on any atom is -0.497 e. The van der Waals surface area contributed by atoms with E-state index in [0.717, 1.165) is 27.3 Å². The Balaban J connectivity index is 2.35. The molecule has 0 saturated carbocycles. The molecule has 1 nitrogen and oxygen atoms in total. The van der Waals surface area contributed by atoms with Gasteiger partial charge in [-0.1, -0.05) is 72.1 Å². The number of rotatable bonds is 6. The van der Waals surface area contributed by atoms with Gasteiger partial charge in [0.2, 0.25) is 0 Å². The number of hydrogen-bond donors (Lipinski definition) is 0. The second-order valence-corrected chi connectivity index (χ2v) is 7.12. The Morgan fingerprint density at radius 3 is 2.24 bits per heavy atom. The number of ether oxygens (including phenoxy) is 1. The maximum atomic E-state index is 5.33. The van der Waals surface area contributed by atoms with Crippen molar-refractivity contribution in [1.82, 2.24) is 0 Å². The lowest BCUT2D eigenvalue weighted by atomic mass is 9.79. The first-order chi connectivity index (χ1) is 10.1. The van der Waals surface area contributed by atoms with Gasteiger partial charge in [0.15, 0.2) is 0 Å². The minimum absolute atomic E-state index is 0.0209. The van der Waals surface area contributed by atoms with Crippen molar-refractivity contribution in [3.8, 4) is 5.75 Å². The molecule has 0 atom stereocenters. The van der Waals surface area contributed by atoms with Crippen LogP contribution in [0.1, 0.15) is 11.1 Å². The van der Waals surface area contributed by atoms with Gasteiger partial charge in [0, 0.05) is 20.5 Å². The summed E-state index contributed by atoms with van der Waals surface area (Å²) in [6, 6.07) is 16.9. The third-order valence-electron chi connectivity index (χ3n) is 3.64. The molecular formula is C17H17Br3O. The van der Waals surface area contributed by atoms with Gasteiger partial charge in [0.1, 0.15) is 5.75 Å². The normalized spacial score (nSPS) is 11.4. The molecular weight excluding hydrogens is 460 g/mol. The van der Waals surface area contributed by atoms with Gasteiger partial charge < -0.3 is 4.74 Å². The predicted molar refractivity (Wildman–Crippen MR) is 100 cm³/mol. The molecule has 4 heteroatoms. The summed E-state index contributed by atoms with van der Waals surface area (Å²) in [6.45, 7) is 0. The summed E-state index contributed by atoms with van der Waals surface area (Å²) >= 11 is 10.9. The standard InChI is InChI=1S/C17H17Br3O/c1-21-16-4-2-3-13(9-16)10-17(11-18,12-19)14-5-7-15(20)8-6-14/h2-9H,10-12H2,1H3. The lowest BCUT2D eigenvalue weighted by Crippen LogP contribution is -2.32. The highest BCUT2D eigenvalue weighted by molar-refractivity contribution is 9.10. The maximum Gasteiger partial charge on any atom is 0.119 e. The Bertz CT molecular complexity index is 577. The lowest BCUT2D eigenvalue weighted by Gasteiger charge is -2.31. The summed E-state index contributed by atoms with van der Waals surface area (Å²) in [5, 5.41) is 1.79. The van der Waals surface area contributed by atoms with Crippen LogP contribution in [0.2, 0.25) is 0 Å². The van der Waals surface area contributed by atoms with Gasteiger partial charge in [0.05, 0.1) is 7.11 Å². The SMILES string of the molecule is COc1cccc(CC(CBr)(CBr)c2ccc(Br)cc2)c1. The fourth-order valence-electron chi connectivity index (χ4n) is 2.36. The van der Waals surface area contributed by atoms with Crippen LogP contribution in [-0.4, -0.2) is 17.8 Å². The predicted octanol–water partition coefficient (Wildman–Crippen LogP) is 5.73. The molecule has 0 radical (unpaired) electrons. The van der Waals surface area contributed by atoms with E-state index >= 15 is 0 Å². The zero-order valence-corrected chi connectivity index (χ0v) is 16.5. The van der Waals surface area contributed by atoms with Crippen molar-refractivity contribution in [3.63, 3.8) is 0 Å². The van der Waals surface area contributed by atoms with Crippen molar-refractivity contribution in [3.05, 3.63) is 64.1 Å². The number of hydrogen-bond acceptors (Lipinski definition) is 1. The number of halogens is 3. The van der Waals surface area contributed by atoms with Crippen LogP contribution in [0.4, 0.5) is 0 Å². The first kappa shape index (κ1) is 17.0. The molecule has 0 bridgehead atoms. The molecule has 112 valence electrons. The van der Waals surface area contributed by atoms with Crippen molar-refractivity contribution >= 4 is 47.8 Å². The molecule has 0 N–H and O–H groups in total. The van der Waals surface area contributed by atoms with E-state index in [2.05, 4.69) is 84.2 Å². The molecule has 0 unspecified atom stereocenters. The van der Waals surface area contributed by atoms with Gasteiger partial charge in [0.25, 0.3) is 0 Å². The fourth-order valence-corrected chi connectivity index (χ4v) is 4.60. The van der Waals surface area contributed by atoms with Gasteiger partial charge in [-0.15, -0.1) is 0 Å². The highest BCUT2D eigenvalue weighted by atomic mass is 79.9. The van der Waals surface area contributed by atoms with E-state index in [1.54, 1.807) is 7.11 Å². The molecule has 0 spiro atoms. The summed E-state index contributed by atoms with van der Waals surface area (Å²) in [4.78, 5) is 0. The molecule has 0 aliphatic rings. The van der Waals surface area contributed by atoms with Crippen molar-refractivity contribution < 1.29 is 4.74 Å². The Hall–Kier alpha value is -0.320. The van der Waals surface area contributed by atoms with Crippen molar-refractivity contribution in [2.75, 3.05) is 17.8 Å². The first-order valence-electron chi connectivity index (χ1n) is 6.64. The number of alkyl halides is 2. The first-order valence-corrected chi connectivity index (χ1v) is 9.68. The third-order valence-corrected chi connectivity index (χ3v) is 6.32. The smallest absolute Gasteiger partial charge is 0.119 e. The average Bonchev–Trinajstić information content (AvgIpc) is 2.54. The van der Waals surface area contributed by atoms with Crippen LogP contribution in [0.15, 0.2) is 53.0 Å². The largest absolute Gasteiger partial charge is 0.497 e. The maximum absolute atomic E-state index is 5.33. The fraction of sp³-hybridized carbons (Fsp3) is 0.294. The average molecular weight is 477 g/mol. The summed E-state index contributed by atoms with van der Waals surface area (Å²) in [5.41, 5.74) is 2.62. The second kappa shape index (κ2) is 7.80. The molecule has 2 rings (SSSR count). The molecule has 21 heavy (non-hydrogen) atoms. The van der Waals surface area contributed by atoms with E-state index in [4.69, 9.17) is 4.74 Å². The van der Waals surface area contributed by atoms with Crippen LogP contribution in [0.5, 0.6) is 5.75 Å². The number of benzene rings is 2. The molecule has 2 aromatic carbocycles. The molecule has 0 saturated heterocycles. The molecule has 0 fully saturated rings. The van der Waals surface area contributed by atoms with Crippen molar-refractivity contribution in [2.45, 2.75) is 11.8 Å². The zero-order valence-electron chi connectivity index (χ0n) is 11.8. The highest BCUT2D eigenvalue weighted by Crippen LogP contribution is 2.34. The van der Waals surface area contributed by atoms with E-state index < -0.39 is 0 Å². The van der Waals surface area contributed by atoms with E-state index in [0.29, 0.717) is 0 Å². The zero-order chi connectivity index (χ0) is 15.3. The monoisotopic (exact) mass is 474 g/mol. The van der Waals surface area contributed by atoms with Gasteiger partial charge in [-0.3, -0.25) is 0 Å². The summed E-state index contributed by atoms with van der Waals surface area (Å²) < 4.78 is 6.43. The van der Waals surface area contributed by atoms with Gasteiger partial charge in [-0.2, -0.15) is 0 Å². The van der Waals surface area contributed by atoms with Crippen molar-refractivity contribution in [1.29, 1.82) is 0 Å². The molecule has 0 aromatic heterocycles. The van der Waals surface area contributed by atoms with E-state index in [1.165, 1.54) is 11.1 Å².